The Morgan fingerprint density at radius 1 is 1.06 bits per heavy atom. The van der Waals surface area contributed by atoms with Crippen LogP contribution in [-0.4, -0.2) is 31.2 Å². The summed E-state index contributed by atoms with van der Waals surface area (Å²) in [6.45, 7) is 5.33. The molecule has 0 saturated heterocycles. The van der Waals surface area contributed by atoms with E-state index in [4.69, 9.17) is 19.3 Å². The first-order chi connectivity index (χ1) is 7.76. The van der Waals surface area contributed by atoms with Gasteiger partial charge in [0.25, 0.3) is 0 Å². The second-order valence-electron chi connectivity index (χ2n) is 3.15. The van der Waals surface area contributed by atoms with Crippen molar-refractivity contribution in [3.8, 4) is 11.5 Å². The van der Waals surface area contributed by atoms with E-state index in [2.05, 4.69) is 0 Å². The van der Waals surface area contributed by atoms with Gasteiger partial charge in [-0.05, 0) is 38.1 Å². The summed E-state index contributed by atoms with van der Waals surface area (Å²) in [5, 5.41) is 9.10. The van der Waals surface area contributed by atoms with Gasteiger partial charge in [-0.3, -0.25) is 0 Å². The highest BCUT2D eigenvalue weighted by atomic mass is 16.7. The maximum absolute atomic E-state index is 9.10. The molecule has 90 valence electrons. The molecule has 0 amide bonds. The van der Waals surface area contributed by atoms with Gasteiger partial charge in [0.2, 0.25) is 0 Å². The van der Waals surface area contributed by atoms with E-state index >= 15 is 0 Å². The predicted molar refractivity (Wildman–Crippen MR) is 60.6 cm³/mol. The molecule has 1 rings (SSSR count). The molecule has 0 unspecified atom stereocenters. The van der Waals surface area contributed by atoms with Gasteiger partial charge in [0.15, 0.2) is 6.29 Å². The minimum atomic E-state index is -0.344. The third-order valence-electron chi connectivity index (χ3n) is 1.93. The van der Waals surface area contributed by atoms with E-state index in [1.807, 2.05) is 13.8 Å². The summed E-state index contributed by atoms with van der Waals surface area (Å²) in [4.78, 5) is 0. The van der Waals surface area contributed by atoms with Crippen molar-refractivity contribution in [1.82, 2.24) is 0 Å². The van der Waals surface area contributed by atoms with Crippen LogP contribution in [0.25, 0.3) is 0 Å². The molecule has 1 N–H and O–H groups in total. The smallest absolute Gasteiger partial charge is 0.191 e. The maximum atomic E-state index is 9.10. The second-order valence-corrected chi connectivity index (χ2v) is 3.15. The summed E-state index contributed by atoms with van der Waals surface area (Å²) >= 11 is 0. The summed E-state index contributed by atoms with van der Waals surface area (Å²) in [7, 11) is 0. The molecule has 0 aliphatic rings. The first-order valence-electron chi connectivity index (χ1n) is 5.41. The number of aromatic hydroxyl groups is 1. The van der Waals surface area contributed by atoms with E-state index in [-0.39, 0.29) is 12.0 Å². The van der Waals surface area contributed by atoms with Crippen LogP contribution in [0, 0.1) is 0 Å². The molecule has 0 aliphatic heterocycles. The Morgan fingerprint density at radius 3 is 2.12 bits per heavy atom. The topological polar surface area (TPSA) is 47.9 Å². The molecular weight excluding hydrogens is 208 g/mol. The highest BCUT2D eigenvalue weighted by Crippen LogP contribution is 2.16. The molecule has 0 spiro atoms. The summed E-state index contributed by atoms with van der Waals surface area (Å²) < 4.78 is 16.1. The molecule has 0 fully saturated rings. The van der Waals surface area contributed by atoms with Gasteiger partial charge < -0.3 is 19.3 Å². The van der Waals surface area contributed by atoms with E-state index in [9.17, 15) is 0 Å². The number of phenols is 1. The quantitative estimate of drug-likeness (QED) is 0.724. The lowest BCUT2D eigenvalue weighted by Crippen LogP contribution is -2.25. The third kappa shape index (κ3) is 4.51. The van der Waals surface area contributed by atoms with Gasteiger partial charge in [-0.2, -0.15) is 0 Å². The highest BCUT2D eigenvalue weighted by Gasteiger charge is 2.08. The molecule has 1 aromatic carbocycles. The number of hydrogen-bond donors (Lipinski definition) is 1. The Kier molecular flexibility index (Phi) is 5.67. The van der Waals surface area contributed by atoms with Crippen molar-refractivity contribution in [1.29, 1.82) is 0 Å². The van der Waals surface area contributed by atoms with Crippen LogP contribution in [0.3, 0.4) is 0 Å². The van der Waals surface area contributed by atoms with Crippen LogP contribution >= 0.6 is 0 Å². The average Bonchev–Trinajstić information content (AvgIpc) is 2.29. The highest BCUT2D eigenvalue weighted by molar-refractivity contribution is 5.29. The zero-order chi connectivity index (χ0) is 11.8. The molecule has 1 aromatic rings. The van der Waals surface area contributed by atoms with Gasteiger partial charge in [0, 0.05) is 13.2 Å². The fourth-order valence-electron chi connectivity index (χ4n) is 1.22. The largest absolute Gasteiger partial charge is 0.508 e. The molecule has 0 heterocycles. The Morgan fingerprint density at radius 2 is 1.62 bits per heavy atom. The van der Waals surface area contributed by atoms with Gasteiger partial charge in [-0.1, -0.05) is 0 Å². The maximum Gasteiger partial charge on any atom is 0.191 e. The molecule has 16 heavy (non-hydrogen) atoms. The lowest BCUT2D eigenvalue weighted by Gasteiger charge is -2.17. The summed E-state index contributed by atoms with van der Waals surface area (Å²) in [5.41, 5.74) is 0. The van der Waals surface area contributed by atoms with Crippen molar-refractivity contribution in [3.63, 3.8) is 0 Å². The number of hydrogen-bond acceptors (Lipinski definition) is 4. The molecule has 0 saturated carbocycles. The molecule has 4 nitrogen and oxygen atoms in total. The van der Waals surface area contributed by atoms with Crippen molar-refractivity contribution in [3.05, 3.63) is 24.3 Å². The third-order valence-corrected chi connectivity index (χ3v) is 1.93. The summed E-state index contributed by atoms with van der Waals surface area (Å²) in [6.07, 6.45) is -0.344. The second kappa shape index (κ2) is 7.09. The SMILES string of the molecule is CCOC(COc1ccc(O)cc1)OCC. The lowest BCUT2D eigenvalue weighted by molar-refractivity contribution is -0.152. The van der Waals surface area contributed by atoms with Crippen molar-refractivity contribution < 1.29 is 19.3 Å². The molecule has 4 heteroatoms. The first-order valence-corrected chi connectivity index (χ1v) is 5.41. The standard InChI is InChI=1S/C12H18O4/c1-3-14-12(15-4-2)9-16-11-7-5-10(13)6-8-11/h5-8,12-13H,3-4,9H2,1-2H3. The number of ether oxygens (including phenoxy) is 3. The predicted octanol–water partition coefficient (Wildman–Crippen LogP) is 2.17. The van der Waals surface area contributed by atoms with Gasteiger partial charge in [-0.25, -0.2) is 0 Å². The number of phenolic OH excluding ortho intramolecular Hbond substituents is 1. The fraction of sp³-hybridized carbons (Fsp3) is 0.500. The lowest BCUT2D eigenvalue weighted by atomic mass is 10.3. The Balaban J connectivity index is 2.38. The van der Waals surface area contributed by atoms with Crippen LogP contribution in [0.15, 0.2) is 24.3 Å². The van der Waals surface area contributed by atoms with Crippen LogP contribution in [0.5, 0.6) is 11.5 Å². The summed E-state index contributed by atoms with van der Waals surface area (Å²) in [6, 6.07) is 6.55. The van der Waals surface area contributed by atoms with Crippen LogP contribution in [0.2, 0.25) is 0 Å². The van der Waals surface area contributed by atoms with E-state index in [1.165, 1.54) is 0 Å². The molecule has 0 bridgehead atoms. The van der Waals surface area contributed by atoms with Crippen LogP contribution in [-0.2, 0) is 9.47 Å². The Hall–Kier alpha value is -1.26. The van der Waals surface area contributed by atoms with Crippen molar-refractivity contribution >= 4 is 0 Å². The minimum Gasteiger partial charge on any atom is -0.508 e. The van der Waals surface area contributed by atoms with Crippen LogP contribution in [0.1, 0.15) is 13.8 Å². The first kappa shape index (κ1) is 12.8. The molecular formula is C12H18O4. The molecule has 0 radical (unpaired) electrons. The summed E-state index contributed by atoms with van der Waals surface area (Å²) in [5.74, 6) is 0.903. The van der Waals surface area contributed by atoms with Gasteiger partial charge in [0.05, 0.1) is 0 Å². The van der Waals surface area contributed by atoms with Crippen molar-refractivity contribution in [2.24, 2.45) is 0 Å². The normalized spacial score (nSPS) is 10.7. The minimum absolute atomic E-state index is 0.221. The van der Waals surface area contributed by atoms with Gasteiger partial charge in [0.1, 0.15) is 18.1 Å². The van der Waals surface area contributed by atoms with E-state index in [1.54, 1.807) is 24.3 Å². The van der Waals surface area contributed by atoms with Gasteiger partial charge >= 0.3 is 0 Å². The van der Waals surface area contributed by atoms with Gasteiger partial charge in [-0.15, -0.1) is 0 Å². The number of benzene rings is 1. The van der Waals surface area contributed by atoms with Crippen molar-refractivity contribution in [2.45, 2.75) is 20.1 Å². The van der Waals surface area contributed by atoms with Crippen LogP contribution < -0.4 is 4.74 Å². The Bertz CT molecular complexity index is 278. The Labute approximate surface area is 95.8 Å². The molecule has 0 aliphatic carbocycles. The number of rotatable bonds is 7. The average molecular weight is 226 g/mol. The van der Waals surface area contributed by atoms with Crippen LogP contribution in [0.4, 0.5) is 0 Å². The van der Waals surface area contributed by atoms with E-state index < -0.39 is 0 Å². The fourth-order valence-corrected chi connectivity index (χ4v) is 1.22. The van der Waals surface area contributed by atoms with E-state index in [0.29, 0.717) is 25.6 Å². The van der Waals surface area contributed by atoms with Crippen molar-refractivity contribution in [2.75, 3.05) is 19.8 Å². The molecule has 0 atom stereocenters. The monoisotopic (exact) mass is 226 g/mol. The van der Waals surface area contributed by atoms with E-state index in [0.717, 1.165) is 0 Å². The zero-order valence-electron chi connectivity index (χ0n) is 9.68. The molecule has 0 aromatic heterocycles. The zero-order valence-corrected chi connectivity index (χ0v) is 9.68.